The minimum absolute atomic E-state index is 0.299. The lowest BCUT2D eigenvalue weighted by atomic mass is 10.1. The van der Waals surface area contributed by atoms with Crippen molar-refractivity contribution in [1.29, 1.82) is 0 Å². The van der Waals surface area contributed by atoms with E-state index >= 15 is 0 Å². The second-order valence-electron chi connectivity index (χ2n) is 4.89. The van der Waals surface area contributed by atoms with Gasteiger partial charge in [0.1, 0.15) is 5.82 Å². The van der Waals surface area contributed by atoms with Crippen molar-refractivity contribution in [1.82, 2.24) is 20.2 Å². The molecule has 0 fully saturated rings. The van der Waals surface area contributed by atoms with Crippen LogP contribution in [-0.2, 0) is 6.54 Å². The molecule has 0 atom stereocenters. The van der Waals surface area contributed by atoms with Gasteiger partial charge in [0.15, 0.2) is 5.82 Å². The van der Waals surface area contributed by atoms with Crippen LogP contribution in [0.1, 0.15) is 11.1 Å². The van der Waals surface area contributed by atoms with E-state index < -0.39 is 5.82 Å². The molecule has 0 amide bonds. The van der Waals surface area contributed by atoms with E-state index in [2.05, 4.69) is 15.5 Å². The molecule has 0 spiro atoms. The van der Waals surface area contributed by atoms with Gasteiger partial charge in [0.25, 0.3) is 0 Å². The molecule has 5 nitrogen and oxygen atoms in total. The normalized spacial score (nSPS) is 10.8. The molecule has 0 aliphatic heterocycles. The second kappa shape index (κ2) is 5.32. The van der Waals surface area contributed by atoms with Crippen molar-refractivity contribution >= 4 is 5.69 Å². The maximum atomic E-state index is 14.0. The number of rotatable bonds is 3. The van der Waals surface area contributed by atoms with E-state index in [0.717, 1.165) is 11.1 Å². The number of hydrogen-bond acceptors (Lipinski definition) is 4. The van der Waals surface area contributed by atoms with Crippen LogP contribution in [0.25, 0.3) is 11.4 Å². The fraction of sp³-hybridized carbons (Fsp3) is 0.133. The third-order valence-corrected chi connectivity index (χ3v) is 3.18. The monoisotopic (exact) mass is 283 g/mol. The molecular weight excluding hydrogens is 269 g/mol. The Bertz CT molecular complexity index is 781. The van der Waals surface area contributed by atoms with E-state index in [-0.39, 0.29) is 0 Å². The van der Waals surface area contributed by atoms with Gasteiger partial charge in [-0.3, -0.25) is 0 Å². The molecule has 0 radical (unpaired) electrons. The molecule has 3 aromatic rings. The summed E-state index contributed by atoms with van der Waals surface area (Å²) < 4.78 is 15.5. The van der Waals surface area contributed by atoms with Crippen LogP contribution in [0, 0.1) is 12.7 Å². The molecular formula is C15H14FN5. The van der Waals surface area contributed by atoms with Crippen molar-refractivity contribution in [3.05, 3.63) is 59.4 Å². The molecule has 106 valence electrons. The van der Waals surface area contributed by atoms with Crippen LogP contribution in [-0.4, -0.2) is 20.2 Å². The Hall–Kier alpha value is -2.76. The average Bonchev–Trinajstić information content (AvgIpc) is 2.89. The molecule has 0 saturated carbocycles. The van der Waals surface area contributed by atoms with Crippen LogP contribution in [0.3, 0.4) is 0 Å². The Morgan fingerprint density at radius 3 is 2.86 bits per heavy atom. The van der Waals surface area contributed by atoms with E-state index in [1.807, 2.05) is 31.2 Å². The third-order valence-electron chi connectivity index (χ3n) is 3.18. The van der Waals surface area contributed by atoms with Gasteiger partial charge < -0.3 is 5.73 Å². The van der Waals surface area contributed by atoms with Crippen molar-refractivity contribution < 1.29 is 4.39 Å². The first-order chi connectivity index (χ1) is 10.1. The van der Waals surface area contributed by atoms with Gasteiger partial charge in [0.2, 0.25) is 0 Å². The zero-order valence-corrected chi connectivity index (χ0v) is 11.5. The number of nitrogen functional groups attached to an aromatic ring is 1. The van der Waals surface area contributed by atoms with Crippen molar-refractivity contribution in [3.8, 4) is 11.4 Å². The number of nitrogens with two attached hydrogens (primary N) is 1. The summed E-state index contributed by atoms with van der Waals surface area (Å²) in [5.74, 6) is -0.0363. The highest BCUT2D eigenvalue weighted by molar-refractivity contribution is 5.61. The number of aryl methyl sites for hydroxylation is 1. The fourth-order valence-electron chi connectivity index (χ4n) is 2.20. The minimum atomic E-state index is -0.399. The maximum Gasteiger partial charge on any atom is 0.185 e. The van der Waals surface area contributed by atoms with E-state index in [9.17, 15) is 4.39 Å². The molecule has 0 aliphatic carbocycles. The Morgan fingerprint density at radius 1 is 1.19 bits per heavy atom. The first-order valence-electron chi connectivity index (χ1n) is 6.50. The van der Waals surface area contributed by atoms with E-state index in [0.29, 0.717) is 23.6 Å². The molecule has 2 aromatic carbocycles. The Morgan fingerprint density at radius 2 is 2.05 bits per heavy atom. The number of tetrazole rings is 1. The van der Waals surface area contributed by atoms with Gasteiger partial charge in [-0.2, -0.15) is 0 Å². The van der Waals surface area contributed by atoms with Gasteiger partial charge in [-0.25, -0.2) is 9.07 Å². The van der Waals surface area contributed by atoms with E-state index in [1.165, 1.54) is 18.2 Å². The standard InChI is InChI=1S/C15H14FN5/c1-10-3-2-4-11(7-10)9-21-15(18-19-20-21)13-8-12(17)5-6-14(13)16/h2-8H,9,17H2,1H3. The first kappa shape index (κ1) is 13.2. The molecule has 6 heteroatoms. The van der Waals surface area contributed by atoms with Crippen LogP contribution in [0.2, 0.25) is 0 Å². The number of halogens is 1. The molecule has 1 heterocycles. The van der Waals surface area contributed by atoms with Gasteiger partial charge in [-0.1, -0.05) is 29.8 Å². The lowest BCUT2D eigenvalue weighted by molar-refractivity contribution is 0.621. The smallest absolute Gasteiger partial charge is 0.185 e. The summed E-state index contributed by atoms with van der Waals surface area (Å²) in [7, 11) is 0. The summed E-state index contributed by atoms with van der Waals surface area (Å²) in [6.45, 7) is 2.49. The van der Waals surface area contributed by atoms with Gasteiger partial charge in [0.05, 0.1) is 12.1 Å². The van der Waals surface area contributed by atoms with Crippen molar-refractivity contribution in [2.75, 3.05) is 5.73 Å². The number of nitrogens with zero attached hydrogens (tertiary/aromatic N) is 4. The van der Waals surface area contributed by atoms with Gasteiger partial charge in [-0.05, 0) is 41.1 Å². The van der Waals surface area contributed by atoms with Gasteiger partial charge >= 0.3 is 0 Å². The van der Waals surface area contributed by atoms with Crippen LogP contribution < -0.4 is 5.73 Å². The van der Waals surface area contributed by atoms with Crippen molar-refractivity contribution in [3.63, 3.8) is 0 Å². The van der Waals surface area contributed by atoms with Crippen LogP contribution in [0.4, 0.5) is 10.1 Å². The summed E-state index contributed by atoms with van der Waals surface area (Å²) in [5.41, 5.74) is 8.68. The largest absolute Gasteiger partial charge is 0.399 e. The Balaban J connectivity index is 1.99. The molecule has 0 saturated heterocycles. The summed E-state index contributed by atoms with van der Waals surface area (Å²) >= 11 is 0. The molecule has 0 unspecified atom stereocenters. The van der Waals surface area contributed by atoms with E-state index in [4.69, 9.17) is 5.73 Å². The highest BCUT2D eigenvalue weighted by Gasteiger charge is 2.14. The number of aromatic nitrogens is 4. The van der Waals surface area contributed by atoms with Crippen molar-refractivity contribution in [2.45, 2.75) is 13.5 Å². The highest BCUT2D eigenvalue weighted by Crippen LogP contribution is 2.23. The SMILES string of the molecule is Cc1cccc(Cn2nnnc2-c2cc(N)ccc2F)c1. The quantitative estimate of drug-likeness (QED) is 0.749. The van der Waals surface area contributed by atoms with Gasteiger partial charge in [-0.15, -0.1) is 5.10 Å². The molecule has 2 N–H and O–H groups in total. The van der Waals surface area contributed by atoms with Crippen LogP contribution in [0.15, 0.2) is 42.5 Å². The van der Waals surface area contributed by atoms with E-state index in [1.54, 1.807) is 4.68 Å². The zero-order valence-electron chi connectivity index (χ0n) is 11.5. The molecule has 3 rings (SSSR count). The van der Waals surface area contributed by atoms with Crippen LogP contribution >= 0.6 is 0 Å². The fourth-order valence-corrected chi connectivity index (χ4v) is 2.20. The summed E-state index contributed by atoms with van der Waals surface area (Å²) in [6.07, 6.45) is 0. The first-order valence-corrected chi connectivity index (χ1v) is 6.50. The lowest BCUT2D eigenvalue weighted by Crippen LogP contribution is -2.05. The molecule has 21 heavy (non-hydrogen) atoms. The predicted octanol–water partition coefficient (Wildman–Crippen LogP) is 2.42. The highest BCUT2D eigenvalue weighted by atomic mass is 19.1. The van der Waals surface area contributed by atoms with Gasteiger partial charge in [0, 0.05) is 5.69 Å². The van der Waals surface area contributed by atoms with Crippen molar-refractivity contribution in [2.24, 2.45) is 0 Å². The minimum Gasteiger partial charge on any atom is -0.399 e. The lowest BCUT2D eigenvalue weighted by Gasteiger charge is -2.07. The molecule has 0 aliphatic rings. The third kappa shape index (κ3) is 2.74. The molecule has 1 aromatic heterocycles. The predicted molar refractivity (Wildman–Crippen MR) is 77.9 cm³/mol. The molecule has 0 bridgehead atoms. The average molecular weight is 283 g/mol. The Kier molecular flexibility index (Phi) is 3.35. The Labute approximate surface area is 121 Å². The number of anilines is 1. The number of hydrogen-bond donors (Lipinski definition) is 1. The van der Waals surface area contributed by atoms with Crippen LogP contribution in [0.5, 0.6) is 0 Å². The summed E-state index contributed by atoms with van der Waals surface area (Å²) in [5, 5.41) is 11.5. The maximum absolute atomic E-state index is 14.0. The summed E-state index contributed by atoms with van der Waals surface area (Å²) in [4.78, 5) is 0. The number of benzene rings is 2. The zero-order chi connectivity index (χ0) is 14.8. The topological polar surface area (TPSA) is 69.6 Å². The summed E-state index contributed by atoms with van der Waals surface area (Å²) in [6, 6.07) is 12.4. The second-order valence-corrected chi connectivity index (χ2v) is 4.89.